The largest absolute Gasteiger partial charge is 0.398 e. The van der Waals surface area contributed by atoms with E-state index < -0.39 is 0 Å². The van der Waals surface area contributed by atoms with Crippen LogP contribution < -0.4 is 15.5 Å². The molecule has 0 saturated carbocycles. The molecule has 6 heteroatoms. The van der Waals surface area contributed by atoms with Gasteiger partial charge in [0.2, 0.25) is 0 Å². The van der Waals surface area contributed by atoms with Gasteiger partial charge in [0.15, 0.2) is 0 Å². The Balaban J connectivity index is 1.49. The fraction of sp³-hybridized carbons (Fsp3) is 0.190. The molecule has 1 aliphatic rings. The number of nitrogens with two attached hydrogens (primary N) is 1. The first kappa shape index (κ1) is 17.0. The zero-order chi connectivity index (χ0) is 18.6. The van der Waals surface area contributed by atoms with Crippen LogP contribution in [0.5, 0.6) is 0 Å². The Morgan fingerprint density at radius 1 is 0.815 bits per heavy atom. The van der Waals surface area contributed by atoms with E-state index >= 15 is 0 Å². The standard InChI is InChI=1S/C21H22N6/c22-18-6-2-1-5-17(18)21(23)16-8-10-25-20(15-16)27-13-11-26(12-14-27)19-7-3-4-9-24-19/h1-10,15,23H,11-14,22H2. The number of nitrogens with zero attached hydrogens (tertiary/aromatic N) is 4. The van der Waals surface area contributed by atoms with Gasteiger partial charge < -0.3 is 15.5 Å². The summed E-state index contributed by atoms with van der Waals surface area (Å²) in [7, 11) is 0. The summed E-state index contributed by atoms with van der Waals surface area (Å²) in [5.74, 6) is 1.91. The normalized spacial score (nSPS) is 14.2. The van der Waals surface area contributed by atoms with Crippen molar-refractivity contribution in [3.05, 3.63) is 78.1 Å². The van der Waals surface area contributed by atoms with Crippen molar-refractivity contribution in [1.29, 1.82) is 5.41 Å². The zero-order valence-corrected chi connectivity index (χ0v) is 15.0. The summed E-state index contributed by atoms with van der Waals surface area (Å²) in [4.78, 5) is 13.5. The second kappa shape index (κ2) is 7.45. The van der Waals surface area contributed by atoms with Gasteiger partial charge in [-0.1, -0.05) is 24.3 Å². The van der Waals surface area contributed by atoms with Gasteiger partial charge in [-0.15, -0.1) is 0 Å². The van der Waals surface area contributed by atoms with Gasteiger partial charge in [0.25, 0.3) is 0 Å². The highest BCUT2D eigenvalue weighted by molar-refractivity contribution is 6.14. The Morgan fingerprint density at radius 3 is 2.19 bits per heavy atom. The number of aromatic nitrogens is 2. The molecule has 1 fully saturated rings. The van der Waals surface area contributed by atoms with Crippen LogP contribution in [0.15, 0.2) is 67.0 Å². The Labute approximate surface area is 158 Å². The predicted octanol–water partition coefficient (Wildman–Crippen LogP) is 2.80. The van der Waals surface area contributed by atoms with Gasteiger partial charge in [0.1, 0.15) is 11.6 Å². The van der Waals surface area contributed by atoms with Crippen molar-refractivity contribution in [2.24, 2.45) is 0 Å². The number of hydrogen-bond acceptors (Lipinski definition) is 6. The van der Waals surface area contributed by atoms with Crippen LogP contribution in [-0.2, 0) is 0 Å². The minimum atomic E-state index is 0.420. The minimum absolute atomic E-state index is 0.420. The average Bonchev–Trinajstić information content (AvgIpc) is 2.74. The van der Waals surface area contributed by atoms with E-state index in [0.29, 0.717) is 11.4 Å². The lowest BCUT2D eigenvalue weighted by atomic mass is 10.0. The summed E-state index contributed by atoms with van der Waals surface area (Å²) in [5, 5.41) is 8.52. The van der Waals surface area contributed by atoms with Gasteiger partial charge >= 0.3 is 0 Å². The molecule has 1 aromatic carbocycles. The van der Waals surface area contributed by atoms with Crippen molar-refractivity contribution in [2.45, 2.75) is 0 Å². The monoisotopic (exact) mass is 358 g/mol. The molecule has 0 aliphatic carbocycles. The van der Waals surface area contributed by atoms with Crippen LogP contribution in [0, 0.1) is 5.41 Å². The third kappa shape index (κ3) is 3.60. The van der Waals surface area contributed by atoms with Crippen molar-refractivity contribution in [2.75, 3.05) is 41.7 Å². The molecule has 136 valence electrons. The maximum atomic E-state index is 8.52. The molecule has 3 N–H and O–H groups in total. The number of para-hydroxylation sites is 1. The molecule has 1 saturated heterocycles. The van der Waals surface area contributed by atoms with Crippen LogP contribution >= 0.6 is 0 Å². The lowest BCUT2D eigenvalue weighted by Gasteiger charge is -2.36. The van der Waals surface area contributed by atoms with E-state index in [1.54, 1.807) is 6.20 Å². The van der Waals surface area contributed by atoms with Crippen molar-refractivity contribution in [1.82, 2.24) is 9.97 Å². The Bertz CT molecular complexity index is 932. The molecule has 4 rings (SSSR count). The summed E-state index contributed by atoms with van der Waals surface area (Å²) in [6.07, 6.45) is 3.59. The molecule has 0 radical (unpaired) electrons. The molecule has 0 bridgehead atoms. The third-order valence-corrected chi connectivity index (χ3v) is 4.84. The third-order valence-electron chi connectivity index (χ3n) is 4.84. The second-order valence-electron chi connectivity index (χ2n) is 6.53. The highest BCUT2D eigenvalue weighted by atomic mass is 15.3. The lowest BCUT2D eigenvalue weighted by Crippen LogP contribution is -2.47. The van der Waals surface area contributed by atoms with Gasteiger partial charge in [-0.2, -0.15) is 0 Å². The van der Waals surface area contributed by atoms with Crippen molar-refractivity contribution >= 4 is 23.0 Å². The van der Waals surface area contributed by atoms with E-state index in [1.807, 2.05) is 60.8 Å². The van der Waals surface area contributed by atoms with Crippen molar-refractivity contribution in [3.8, 4) is 0 Å². The van der Waals surface area contributed by atoms with Crippen LogP contribution in [0.4, 0.5) is 17.3 Å². The van der Waals surface area contributed by atoms with E-state index in [0.717, 1.165) is 48.9 Å². The molecule has 3 heterocycles. The number of piperazine rings is 1. The molecular weight excluding hydrogens is 336 g/mol. The highest BCUT2D eigenvalue weighted by Crippen LogP contribution is 2.21. The lowest BCUT2D eigenvalue weighted by molar-refractivity contribution is 0.642. The van der Waals surface area contributed by atoms with Crippen LogP contribution in [0.1, 0.15) is 11.1 Å². The number of rotatable bonds is 4. The van der Waals surface area contributed by atoms with Gasteiger partial charge in [-0.25, -0.2) is 9.97 Å². The summed E-state index contributed by atoms with van der Waals surface area (Å²) >= 11 is 0. The SMILES string of the molecule is N=C(c1ccnc(N2CCN(c3ccccn3)CC2)c1)c1ccccc1N. The molecule has 1 aliphatic heterocycles. The van der Waals surface area contributed by atoms with Gasteiger partial charge in [0.05, 0.1) is 5.71 Å². The molecule has 27 heavy (non-hydrogen) atoms. The van der Waals surface area contributed by atoms with Crippen molar-refractivity contribution in [3.63, 3.8) is 0 Å². The number of benzene rings is 1. The molecular formula is C21H22N6. The summed E-state index contributed by atoms with van der Waals surface area (Å²) in [6.45, 7) is 3.53. The van der Waals surface area contributed by atoms with Crippen LogP contribution in [0.25, 0.3) is 0 Å². The predicted molar refractivity (Wildman–Crippen MR) is 110 cm³/mol. The molecule has 0 amide bonds. The Kier molecular flexibility index (Phi) is 4.70. The summed E-state index contributed by atoms with van der Waals surface area (Å²) < 4.78 is 0. The first-order valence-electron chi connectivity index (χ1n) is 9.03. The van der Waals surface area contributed by atoms with Gasteiger partial charge in [-0.3, -0.25) is 5.41 Å². The van der Waals surface area contributed by atoms with Crippen molar-refractivity contribution < 1.29 is 0 Å². The zero-order valence-electron chi connectivity index (χ0n) is 15.0. The Morgan fingerprint density at radius 2 is 1.48 bits per heavy atom. The van der Waals surface area contributed by atoms with Gasteiger partial charge in [-0.05, 0) is 30.3 Å². The number of hydrogen-bond donors (Lipinski definition) is 2. The minimum Gasteiger partial charge on any atom is -0.398 e. The summed E-state index contributed by atoms with van der Waals surface area (Å²) in [5.41, 5.74) is 8.64. The van der Waals surface area contributed by atoms with Crippen LogP contribution in [0.2, 0.25) is 0 Å². The van der Waals surface area contributed by atoms with E-state index in [2.05, 4.69) is 19.8 Å². The number of nitrogens with one attached hydrogen (secondary N) is 1. The highest BCUT2D eigenvalue weighted by Gasteiger charge is 2.19. The molecule has 3 aromatic rings. The molecule has 2 aromatic heterocycles. The average molecular weight is 358 g/mol. The molecule has 0 atom stereocenters. The van der Waals surface area contributed by atoms with E-state index in [1.165, 1.54) is 0 Å². The first-order valence-corrected chi connectivity index (χ1v) is 9.03. The van der Waals surface area contributed by atoms with Crippen LogP contribution in [0.3, 0.4) is 0 Å². The quantitative estimate of drug-likeness (QED) is 0.554. The molecule has 6 nitrogen and oxygen atoms in total. The smallest absolute Gasteiger partial charge is 0.129 e. The van der Waals surface area contributed by atoms with E-state index in [4.69, 9.17) is 11.1 Å². The molecule has 0 spiro atoms. The van der Waals surface area contributed by atoms with Gasteiger partial charge in [0, 0.05) is 55.4 Å². The van der Waals surface area contributed by atoms with Crippen LogP contribution in [-0.4, -0.2) is 41.9 Å². The number of anilines is 3. The van der Waals surface area contributed by atoms with E-state index in [9.17, 15) is 0 Å². The topological polar surface area (TPSA) is 82.1 Å². The fourth-order valence-corrected chi connectivity index (χ4v) is 3.33. The molecule has 0 unspecified atom stereocenters. The second-order valence-corrected chi connectivity index (χ2v) is 6.53. The number of pyridine rings is 2. The van der Waals surface area contributed by atoms with E-state index in [-0.39, 0.29) is 0 Å². The Hall–Kier alpha value is -3.41. The maximum absolute atomic E-state index is 8.52. The fourth-order valence-electron chi connectivity index (χ4n) is 3.33. The summed E-state index contributed by atoms with van der Waals surface area (Å²) in [6, 6.07) is 17.3. The first-order chi connectivity index (χ1) is 13.2. The number of nitrogen functional groups attached to an aromatic ring is 1. The maximum Gasteiger partial charge on any atom is 0.129 e.